The smallest absolute Gasteiger partial charge is 0.318 e. The van der Waals surface area contributed by atoms with Crippen molar-refractivity contribution in [2.45, 2.75) is 25.6 Å². The molecule has 1 N–H and O–H groups in total. The number of imidazole rings is 1. The molecular weight excluding hydrogens is 220 g/mol. The first-order valence-corrected chi connectivity index (χ1v) is 5.96. The van der Waals surface area contributed by atoms with Crippen molar-refractivity contribution in [1.82, 2.24) is 19.8 Å². The second-order valence-electron chi connectivity index (χ2n) is 4.47. The van der Waals surface area contributed by atoms with E-state index in [1.165, 1.54) is 0 Å². The Morgan fingerprint density at radius 2 is 2.47 bits per heavy atom. The van der Waals surface area contributed by atoms with Crippen LogP contribution in [0.1, 0.15) is 12.2 Å². The van der Waals surface area contributed by atoms with Gasteiger partial charge in [0.05, 0.1) is 19.2 Å². The average molecular weight is 236 g/mol. The van der Waals surface area contributed by atoms with E-state index in [0.717, 1.165) is 31.9 Å². The summed E-state index contributed by atoms with van der Waals surface area (Å²) in [7, 11) is 0. The van der Waals surface area contributed by atoms with Crippen molar-refractivity contribution in [3.05, 3.63) is 18.2 Å². The van der Waals surface area contributed by atoms with Gasteiger partial charge in [-0.2, -0.15) is 0 Å². The van der Waals surface area contributed by atoms with Gasteiger partial charge in [-0.1, -0.05) is 0 Å². The van der Waals surface area contributed by atoms with E-state index in [1.54, 1.807) is 11.1 Å². The summed E-state index contributed by atoms with van der Waals surface area (Å²) in [5.41, 5.74) is 0. The Hall–Kier alpha value is -1.56. The number of aromatic nitrogens is 2. The molecule has 0 radical (unpaired) electrons. The highest BCUT2D eigenvalue weighted by atomic mass is 16.5. The number of amides is 2. The lowest BCUT2D eigenvalue weighted by Crippen LogP contribution is -2.47. The van der Waals surface area contributed by atoms with Gasteiger partial charge in [-0.15, -0.1) is 0 Å². The van der Waals surface area contributed by atoms with E-state index < -0.39 is 0 Å². The van der Waals surface area contributed by atoms with Crippen molar-refractivity contribution in [2.75, 3.05) is 19.8 Å². The predicted molar refractivity (Wildman–Crippen MR) is 60.4 cm³/mol. The molecule has 1 fully saturated rings. The van der Waals surface area contributed by atoms with Crippen molar-refractivity contribution in [2.24, 2.45) is 0 Å². The number of rotatable bonds is 1. The minimum Gasteiger partial charge on any atom is -0.379 e. The fourth-order valence-corrected chi connectivity index (χ4v) is 2.26. The third-order valence-corrected chi connectivity index (χ3v) is 3.29. The number of hydrogen-bond donors (Lipinski definition) is 1. The zero-order valence-electron chi connectivity index (χ0n) is 9.63. The van der Waals surface area contributed by atoms with Crippen LogP contribution < -0.4 is 5.32 Å². The second-order valence-corrected chi connectivity index (χ2v) is 4.47. The normalized spacial score (nSPS) is 23.5. The van der Waals surface area contributed by atoms with Gasteiger partial charge in [0.15, 0.2) is 0 Å². The molecule has 0 bridgehead atoms. The van der Waals surface area contributed by atoms with Crippen molar-refractivity contribution in [3.63, 3.8) is 0 Å². The number of fused-ring (bicyclic) bond motifs is 1. The molecule has 1 atom stereocenters. The molecule has 1 unspecified atom stereocenters. The third-order valence-electron chi connectivity index (χ3n) is 3.29. The first-order chi connectivity index (χ1) is 8.33. The van der Waals surface area contributed by atoms with Crippen LogP contribution in [0.15, 0.2) is 12.4 Å². The highest BCUT2D eigenvalue weighted by Gasteiger charge is 2.24. The average Bonchev–Trinajstić information content (AvgIpc) is 2.97. The molecule has 0 aromatic carbocycles. The molecule has 0 aliphatic carbocycles. The summed E-state index contributed by atoms with van der Waals surface area (Å²) in [6.45, 7) is 3.53. The molecule has 0 saturated carbocycles. The Kier molecular flexibility index (Phi) is 2.72. The van der Waals surface area contributed by atoms with Crippen molar-refractivity contribution < 1.29 is 9.53 Å². The van der Waals surface area contributed by atoms with Gasteiger partial charge in [0.1, 0.15) is 5.82 Å². The molecule has 3 heterocycles. The Balaban J connectivity index is 1.60. The van der Waals surface area contributed by atoms with Crippen LogP contribution in [-0.4, -0.2) is 46.3 Å². The summed E-state index contributed by atoms with van der Waals surface area (Å²) in [6, 6.07) is 0.166. The Morgan fingerprint density at radius 1 is 1.53 bits per heavy atom. The van der Waals surface area contributed by atoms with E-state index >= 15 is 0 Å². The van der Waals surface area contributed by atoms with Gasteiger partial charge in [-0.3, -0.25) is 0 Å². The molecule has 3 rings (SSSR count). The van der Waals surface area contributed by atoms with Gasteiger partial charge in [0.2, 0.25) is 0 Å². The van der Waals surface area contributed by atoms with E-state index in [9.17, 15) is 4.79 Å². The van der Waals surface area contributed by atoms with Crippen LogP contribution in [0.25, 0.3) is 0 Å². The number of hydrogen-bond acceptors (Lipinski definition) is 3. The maximum Gasteiger partial charge on any atom is 0.318 e. The highest BCUT2D eigenvalue weighted by molar-refractivity contribution is 5.74. The monoisotopic (exact) mass is 236 g/mol. The molecule has 2 amide bonds. The van der Waals surface area contributed by atoms with Crippen LogP contribution in [-0.2, 0) is 17.8 Å². The first kappa shape index (κ1) is 10.6. The number of carbonyl (C=O) groups is 1. The fraction of sp³-hybridized carbons (Fsp3) is 0.636. The molecule has 1 saturated heterocycles. The third kappa shape index (κ3) is 2.12. The lowest BCUT2D eigenvalue weighted by atomic mass is 10.2. The fourth-order valence-electron chi connectivity index (χ4n) is 2.26. The molecule has 6 heteroatoms. The second kappa shape index (κ2) is 4.37. The highest BCUT2D eigenvalue weighted by Crippen LogP contribution is 2.11. The summed E-state index contributed by atoms with van der Waals surface area (Å²) in [6.07, 6.45) is 4.64. The van der Waals surface area contributed by atoms with Gasteiger partial charge >= 0.3 is 6.03 Å². The molecule has 1 aromatic rings. The van der Waals surface area contributed by atoms with Gasteiger partial charge < -0.3 is 19.5 Å². The van der Waals surface area contributed by atoms with Gasteiger partial charge in [0.25, 0.3) is 0 Å². The van der Waals surface area contributed by atoms with Crippen LogP contribution >= 0.6 is 0 Å². The van der Waals surface area contributed by atoms with Gasteiger partial charge in [-0.05, 0) is 6.42 Å². The van der Waals surface area contributed by atoms with Gasteiger partial charge in [0, 0.05) is 32.1 Å². The molecule has 92 valence electrons. The van der Waals surface area contributed by atoms with Crippen LogP contribution in [0.3, 0.4) is 0 Å². The van der Waals surface area contributed by atoms with Crippen molar-refractivity contribution in [3.8, 4) is 0 Å². The Morgan fingerprint density at radius 3 is 3.29 bits per heavy atom. The molecule has 2 aliphatic heterocycles. The number of carbonyl (C=O) groups excluding carboxylic acids is 1. The maximum absolute atomic E-state index is 12.0. The minimum absolute atomic E-state index is 0.00486. The Labute approximate surface area is 99.6 Å². The lowest BCUT2D eigenvalue weighted by molar-refractivity contribution is 0.169. The zero-order valence-corrected chi connectivity index (χ0v) is 9.63. The van der Waals surface area contributed by atoms with Crippen molar-refractivity contribution in [1.29, 1.82) is 0 Å². The molecule has 1 aromatic heterocycles. The summed E-state index contributed by atoms with van der Waals surface area (Å²) in [5, 5.41) is 3.00. The molecular formula is C11H16N4O2. The van der Waals surface area contributed by atoms with Crippen LogP contribution in [0, 0.1) is 0 Å². The molecule has 0 spiro atoms. The topological polar surface area (TPSA) is 59.4 Å². The summed E-state index contributed by atoms with van der Waals surface area (Å²) >= 11 is 0. The van der Waals surface area contributed by atoms with Crippen LogP contribution in [0.2, 0.25) is 0 Å². The number of urea groups is 1. The first-order valence-electron chi connectivity index (χ1n) is 5.96. The maximum atomic E-state index is 12.0. The minimum atomic E-state index is -0.00486. The van der Waals surface area contributed by atoms with E-state index in [1.807, 2.05) is 6.20 Å². The summed E-state index contributed by atoms with van der Waals surface area (Å²) in [5.74, 6) is 0.953. The largest absolute Gasteiger partial charge is 0.379 e. The van der Waals surface area contributed by atoms with Crippen LogP contribution in [0.4, 0.5) is 4.79 Å². The summed E-state index contributed by atoms with van der Waals surface area (Å²) < 4.78 is 7.33. The van der Waals surface area contributed by atoms with E-state index in [4.69, 9.17) is 4.74 Å². The number of nitrogens with zero attached hydrogens (tertiary/aromatic N) is 3. The summed E-state index contributed by atoms with van der Waals surface area (Å²) in [4.78, 5) is 18.1. The van der Waals surface area contributed by atoms with E-state index in [0.29, 0.717) is 13.2 Å². The number of nitrogens with one attached hydrogen (secondary N) is 1. The standard InChI is InChI=1S/C11H16N4O2/c16-11(13-9-1-6-17-8-9)15-5-4-14-3-2-12-10(14)7-15/h2-3,9H,1,4-8H2,(H,13,16). The Bertz CT molecular complexity index is 411. The predicted octanol–water partition coefficient (Wildman–Crippen LogP) is 0.197. The lowest BCUT2D eigenvalue weighted by Gasteiger charge is -2.28. The number of ether oxygens (including phenoxy) is 1. The van der Waals surface area contributed by atoms with Gasteiger partial charge in [-0.25, -0.2) is 9.78 Å². The quantitative estimate of drug-likeness (QED) is 0.757. The molecule has 2 aliphatic rings. The van der Waals surface area contributed by atoms with Crippen LogP contribution in [0.5, 0.6) is 0 Å². The molecule has 6 nitrogen and oxygen atoms in total. The van der Waals surface area contributed by atoms with E-state index in [-0.39, 0.29) is 12.1 Å². The zero-order chi connectivity index (χ0) is 11.7. The van der Waals surface area contributed by atoms with E-state index in [2.05, 4.69) is 14.9 Å². The SMILES string of the molecule is O=C(NC1CCOC1)N1CCn2ccnc2C1. The molecule has 17 heavy (non-hydrogen) atoms. The van der Waals surface area contributed by atoms with Crippen molar-refractivity contribution >= 4 is 6.03 Å².